The molecule has 0 bridgehead atoms. The van der Waals surface area contributed by atoms with E-state index in [1.165, 1.54) is 6.33 Å². The minimum absolute atomic E-state index is 0.470. The van der Waals surface area contributed by atoms with Crippen LogP contribution in [0.1, 0.15) is 12.5 Å². The summed E-state index contributed by atoms with van der Waals surface area (Å²) in [6.07, 6.45) is 3.21. The second-order valence-electron chi connectivity index (χ2n) is 5.82. The summed E-state index contributed by atoms with van der Waals surface area (Å²) < 4.78 is 13.2. The molecule has 0 saturated heterocycles. The van der Waals surface area contributed by atoms with E-state index < -0.39 is 0 Å². The Hall–Kier alpha value is -3.41. The molecule has 4 rings (SSSR count). The third kappa shape index (κ3) is 3.09. The van der Waals surface area contributed by atoms with Crippen molar-refractivity contribution in [1.82, 2.24) is 19.7 Å². The predicted octanol–water partition coefficient (Wildman–Crippen LogP) is 4.31. The van der Waals surface area contributed by atoms with Crippen LogP contribution in [0, 0.1) is 6.92 Å². The molecular formula is C20H18N4O2. The van der Waals surface area contributed by atoms with Crippen LogP contribution in [0.15, 0.2) is 61.1 Å². The summed E-state index contributed by atoms with van der Waals surface area (Å²) in [4.78, 5) is 8.64. The average Bonchev–Trinajstić information content (AvgIpc) is 3.09. The molecule has 0 aliphatic carbocycles. The number of hydrogen-bond donors (Lipinski definition) is 0. The normalized spacial score (nSPS) is 10.8. The van der Waals surface area contributed by atoms with Crippen LogP contribution in [-0.2, 0) is 0 Å². The third-order valence-electron chi connectivity index (χ3n) is 3.92. The monoisotopic (exact) mass is 346 g/mol. The number of aromatic nitrogens is 4. The lowest BCUT2D eigenvalue weighted by Gasteiger charge is -2.08. The van der Waals surface area contributed by atoms with Crippen LogP contribution in [-0.4, -0.2) is 26.4 Å². The van der Waals surface area contributed by atoms with Gasteiger partial charge in [0.15, 0.2) is 5.65 Å². The van der Waals surface area contributed by atoms with Crippen molar-refractivity contribution < 1.29 is 9.47 Å². The maximum absolute atomic E-state index is 5.94. The smallest absolute Gasteiger partial charge is 0.233 e. The van der Waals surface area contributed by atoms with Gasteiger partial charge in [-0.3, -0.25) is 0 Å². The van der Waals surface area contributed by atoms with E-state index in [4.69, 9.17) is 9.47 Å². The van der Waals surface area contributed by atoms with E-state index in [0.717, 1.165) is 22.4 Å². The molecule has 130 valence electrons. The first-order chi connectivity index (χ1) is 12.7. The number of hydrogen-bond acceptors (Lipinski definition) is 5. The van der Waals surface area contributed by atoms with Crippen LogP contribution < -0.4 is 9.47 Å². The molecule has 0 atom stereocenters. The molecule has 0 aliphatic rings. The highest BCUT2D eigenvalue weighted by atomic mass is 16.5. The molecule has 0 fully saturated rings. The first-order valence-corrected chi connectivity index (χ1v) is 8.41. The van der Waals surface area contributed by atoms with Crippen molar-refractivity contribution in [2.75, 3.05) is 6.61 Å². The third-order valence-corrected chi connectivity index (χ3v) is 3.92. The van der Waals surface area contributed by atoms with E-state index in [9.17, 15) is 0 Å². The predicted molar refractivity (Wildman–Crippen MR) is 99.1 cm³/mol. The first-order valence-electron chi connectivity index (χ1n) is 8.41. The molecule has 26 heavy (non-hydrogen) atoms. The molecule has 0 unspecified atom stereocenters. The summed E-state index contributed by atoms with van der Waals surface area (Å²) in [7, 11) is 0. The van der Waals surface area contributed by atoms with Gasteiger partial charge in [0, 0.05) is 0 Å². The highest BCUT2D eigenvalue weighted by Crippen LogP contribution is 2.28. The van der Waals surface area contributed by atoms with Crippen molar-refractivity contribution in [3.05, 3.63) is 66.6 Å². The standard InChI is InChI=1S/C20H18N4O2/c1-3-25-16-7-9-17(10-8-16)26-20-18-12-23-24(19(18)21-13-22-20)15-6-4-5-14(2)11-15/h4-13H,3H2,1-2H3. The van der Waals surface area contributed by atoms with Crippen molar-refractivity contribution in [2.45, 2.75) is 13.8 Å². The van der Waals surface area contributed by atoms with Gasteiger partial charge in [-0.1, -0.05) is 12.1 Å². The molecule has 6 nitrogen and oxygen atoms in total. The minimum atomic E-state index is 0.470. The minimum Gasteiger partial charge on any atom is -0.494 e. The van der Waals surface area contributed by atoms with E-state index in [1.807, 2.05) is 56.3 Å². The van der Waals surface area contributed by atoms with Gasteiger partial charge < -0.3 is 9.47 Å². The quantitative estimate of drug-likeness (QED) is 0.539. The molecule has 0 spiro atoms. The van der Waals surface area contributed by atoms with Crippen molar-refractivity contribution in [1.29, 1.82) is 0 Å². The van der Waals surface area contributed by atoms with E-state index in [0.29, 0.717) is 23.9 Å². The summed E-state index contributed by atoms with van der Waals surface area (Å²) in [6.45, 7) is 4.63. The molecule has 2 aromatic carbocycles. The number of rotatable bonds is 5. The summed E-state index contributed by atoms with van der Waals surface area (Å²) in [5.74, 6) is 1.95. The van der Waals surface area contributed by atoms with Crippen LogP contribution in [0.2, 0.25) is 0 Å². The Morgan fingerprint density at radius 1 is 1.00 bits per heavy atom. The Morgan fingerprint density at radius 2 is 1.81 bits per heavy atom. The number of aryl methyl sites for hydroxylation is 1. The number of nitrogens with zero attached hydrogens (tertiary/aromatic N) is 4. The van der Waals surface area contributed by atoms with Gasteiger partial charge in [-0.15, -0.1) is 0 Å². The van der Waals surface area contributed by atoms with Crippen LogP contribution in [0.3, 0.4) is 0 Å². The van der Waals surface area contributed by atoms with Gasteiger partial charge in [-0.2, -0.15) is 5.10 Å². The van der Waals surface area contributed by atoms with Crippen LogP contribution in [0.25, 0.3) is 16.7 Å². The summed E-state index contributed by atoms with van der Waals surface area (Å²) in [5, 5.41) is 5.21. The summed E-state index contributed by atoms with van der Waals surface area (Å²) in [6, 6.07) is 15.5. The zero-order valence-corrected chi connectivity index (χ0v) is 14.6. The summed E-state index contributed by atoms with van der Waals surface area (Å²) >= 11 is 0. The number of fused-ring (bicyclic) bond motifs is 1. The Bertz CT molecular complexity index is 1040. The molecule has 0 saturated carbocycles. The Morgan fingerprint density at radius 3 is 2.58 bits per heavy atom. The summed E-state index contributed by atoms with van der Waals surface area (Å²) in [5.41, 5.74) is 2.81. The fourth-order valence-electron chi connectivity index (χ4n) is 2.73. The topological polar surface area (TPSA) is 62.1 Å². The van der Waals surface area contributed by atoms with Crippen LogP contribution in [0.4, 0.5) is 0 Å². The molecule has 2 heterocycles. The molecule has 6 heteroatoms. The number of benzene rings is 2. The largest absolute Gasteiger partial charge is 0.494 e. The fraction of sp³-hybridized carbons (Fsp3) is 0.150. The van der Waals surface area contributed by atoms with Gasteiger partial charge in [0.25, 0.3) is 0 Å². The zero-order valence-electron chi connectivity index (χ0n) is 14.6. The van der Waals surface area contributed by atoms with Crippen molar-refractivity contribution in [3.63, 3.8) is 0 Å². The highest BCUT2D eigenvalue weighted by molar-refractivity contribution is 5.81. The van der Waals surface area contributed by atoms with Gasteiger partial charge >= 0.3 is 0 Å². The molecule has 0 N–H and O–H groups in total. The lowest BCUT2D eigenvalue weighted by molar-refractivity contribution is 0.339. The van der Waals surface area contributed by atoms with Crippen molar-refractivity contribution in [2.24, 2.45) is 0 Å². The fourth-order valence-corrected chi connectivity index (χ4v) is 2.73. The number of ether oxygens (including phenoxy) is 2. The van der Waals surface area contributed by atoms with Gasteiger partial charge in [0.1, 0.15) is 23.2 Å². The van der Waals surface area contributed by atoms with Gasteiger partial charge in [-0.05, 0) is 55.8 Å². The molecule has 0 amide bonds. The van der Waals surface area contributed by atoms with Crippen LogP contribution in [0.5, 0.6) is 17.4 Å². The molecule has 0 aliphatic heterocycles. The SMILES string of the molecule is CCOc1ccc(Oc2ncnc3c2cnn3-c2cccc(C)c2)cc1. The van der Waals surface area contributed by atoms with Crippen molar-refractivity contribution in [3.8, 4) is 23.1 Å². The van der Waals surface area contributed by atoms with Gasteiger partial charge in [0.2, 0.25) is 5.88 Å². The van der Waals surface area contributed by atoms with E-state index in [1.54, 1.807) is 10.9 Å². The maximum atomic E-state index is 5.94. The van der Waals surface area contributed by atoms with Gasteiger partial charge in [0.05, 0.1) is 18.5 Å². The maximum Gasteiger partial charge on any atom is 0.233 e. The first kappa shape index (κ1) is 16.1. The second kappa shape index (κ2) is 6.84. The zero-order chi connectivity index (χ0) is 17.9. The molecule has 4 aromatic rings. The van der Waals surface area contributed by atoms with E-state index in [-0.39, 0.29) is 0 Å². The average molecular weight is 346 g/mol. The second-order valence-corrected chi connectivity index (χ2v) is 5.82. The molecule has 2 aromatic heterocycles. The molecule has 0 radical (unpaired) electrons. The van der Waals surface area contributed by atoms with Crippen LogP contribution >= 0.6 is 0 Å². The van der Waals surface area contributed by atoms with Crippen molar-refractivity contribution >= 4 is 11.0 Å². The van der Waals surface area contributed by atoms with Gasteiger partial charge in [-0.25, -0.2) is 14.6 Å². The van der Waals surface area contributed by atoms with E-state index in [2.05, 4.69) is 21.1 Å². The highest BCUT2D eigenvalue weighted by Gasteiger charge is 2.13. The Labute approximate surface area is 151 Å². The lowest BCUT2D eigenvalue weighted by atomic mass is 10.2. The van der Waals surface area contributed by atoms with E-state index >= 15 is 0 Å². The lowest BCUT2D eigenvalue weighted by Crippen LogP contribution is -1.98. The molecular weight excluding hydrogens is 328 g/mol. The Kier molecular flexibility index (Phi) is 4.23. The Balaban J connectivity index is 1.68.